The van der Waals surface area contributed by atoms with Gasteiger partial charge in [0.05, 0.1) is 17.1 Å². The SMILES string of the molecule is CC1(C)OB(C2=CC(=O)CC(C(F)(F)F)C2)OC1(C)C. The van der Waals surface area contributed by atoms with E-state index in [4.69, 9.17) is 9.31 Å². The molecule has 0 amide bonds. The van der Waals surface area contributed by atoms with Gasteiger partial charge in [0.15, 0.2) is 5.78 Å². The van der Waals surface area contributed by atoms with Crippen LogP contribution in [0.5, 0.6) is 0 Å². The summed E-state index contributed by atoms with van der Waals surface area (Å²) in [6.45, 7) is 7.28. The van der Waals surface area contributed by atoms with Gasteiger partial charge in [0.1, 0.15) is 0 Å². The van der Waals surface area contributed by atoms with E-state index in [0.717, 1.165) is 0 Å². The maximum atomic E-state index is 12.8. The average molecular weight is 290 g/mol. The largest absolute Gasteiger partial charge is 0.490 e. The highest BCUT2D eigenvalue weighted by molar-refractivity contribution is 6.55. The zero-order chi connectivity index (χ0) is 15.3. The van der Waals surface area contributed by atoms with Crippen LogP contribution in [0.4, 0.5) is 13.2 Å². The molecule has 0 aromatic rings. The van der Waals surface area contributed by atoms with E-state index >= 15 is 0 Å². The summed E-state index contributed by atoms with van der Waals surface area (Å²) < 4.78 is 49.9. The fourth-order valence-corrected chi connectivity index (χ4v) is 2.31. The fourth-order valence-electron chi connectivity index (χ4n) is 2.31. The highest BCUT2D eigenvalue weighted by Crippen LogP contribution is 2.43. The Morgan fingerprint density at radius 1 is 1.15 bits per heavy atom. The molecule has 1 aliphatic heterocycles. The van der Waals surface area contributed by atoms with E-state index in [1.54, 1.807) is 0 Å². The lowest BCUT2D eigenvalue weighted by molar-refractivity contribution is -0.178. The fraction of sp³-hybridized carbons (Fsp3) is 0.769. The number of allylic oxidation sites excluding steroid dienone is 2. The average Bonchev–Trinajstić information content (AvgIpc) is 2.46. The maximum Gasteiger partial charge on any atom is 0.490 e. The number of ketones is 1. The van der Waals surface area contributed by atoms with Crippen molar-refractivity contribution in [3.05, 3.63) is 11.5 Å². The quantitative estimate of drug-likeness (QED) is 0.696. The smallest absolute Gasteiger partial charge is 0.400 e. The van der Waals surface area contributed by atoms with Gasteiger partial charge in [-0.1, -0.05) is 0 Å². The van der Waals surface area contributed by atoms with Crippen LogP contribution < -0.4 is 0 Å². The molecule has 0 bridgehead atoms. The van der Waals surface area contributed by atoms with Crippen molar-refractivity contribution < 1.29 is 27.3 Å². The predicted octanol–water partition coefficient (Wildman–Crippen LogP) is 3.09. The Morgan fingerprint density at radius 2 is 1.65 bits per heavy atom. The van der Waals surface area contributed by atoms with Gasteiger partial charge in [-0.2, -0.15) is 13.2 Å². The highest BCUT2D eigenvalue weighted by Gasteiger charge is 2.54. The summed E-state index contributed by atoms with van der Waals surface area (Å²) in [5, 5.41) is 0. The van der Waals surface area contributed by atoms with Crippen LogP contribution in [0.25, 0.3) is 0 Å². The minimum absolute atomic E-state index is 0.244. The summed E-state index contributed by atoms with van der Waals surface area (Å²) in [7, 11) is -0.880. The van der Waals surface area contributed by atoms with Crippen molar-refractivity contribution in [3.63, 3.8) is 0 Å². The Labute approximate surface area is 116 Å². The summed E-state index contributed by atoms with van der Waals surface area (Å²) in [6.07, 6.45) is -3.87. The Bertz CT molecular complexity index is 438. The Balaban J connectivity index is 2.20. The zero-order valence-electron chi connectivity index (χ0n) is 12.0. The molecule has 0 N–H and O–H groups in total. The van der Waals surface area contributed by atoms with E-state index < -0.39 is 42.6 Å². The zero-order valence-corrected chi connectivity index (χ0v) is 12.0. The molecule has 1 unspecified atom stereocenters. The van der Waals surface area contributed by atoms with E-state index in [1.165, 1.54) is 6.08 Å². The van der Waals surface area contributed by atoms with E-state index in [9.17, 15) is 18.0 Å². The Morgan fingerprint density at radius 3 is 2.10 bits per heavy atom. The minimum atomic E-state index is -4.38. The van der Waals surface area contributed by atoms with Crippen molar-refractivity contribution in [2.45, 2.75) is 57.9 Å². The number of halogens is 3. The summed E-state index contributed by atoms with van der Waals surface area (Å²) in [4.78, 5) is 11.5. The molecule has 1 saturated heterocycles. The van der Waals surface area contributed by atoms with Gasteiger partial charge in [0, 0.05) is 6.42 Å². The second-order valence-corrected chi connectivity index (χ2v) is 6.42. The molecule has 0 radical (unpaired) electrons. The first kappa shape index (κ1) is 15.6. The van der Waals surface area contributed by atoms with Crippen molar-refractivity contribution in [1.82, 2.24) is 0 Å². The van der Waals surface area contributed by atoms with Crippen molar-refractivity contribution in [2.24, 2.45) is 5.92 Å². The van der Waals surface area contributed by atoms with Gasteiger partial charge >= 0.3 is 13.3 Å². The summed E-state index contributed by atoms with van der Waals surface area (Å²) in [5.74, 6) is -2.17. The number of hydrogen-bond acceptors (Lipinski definition) is 3. The minimum Gasteiger partial charge on any atom is -0.400 e. The number of hydrogen-bond donors (Lipinski definition) is 0. The molecule has 0 aromatic carbocycles. The molecular formula is C13H18BF3O3. The van der Waals surface area contributed by atoms with Crippen molar-refractivity contribution in [3.8, 4) is 0 Å². The molecule has 1 aliphatic carbocycles. The van der Waals surface area contributed by atoms with Gasteiger partial charge in [-0.05, 0) is 45.7 Å². The molecule has 3 nitrogen and oxygen atoms in total. The highest BCUT2D eigenvalue weighted by atomic mass is 19.4. The van der Waals surface area contributed by atoms with Crippen molar-refractivity contribution in [2.75, 3.05) is 0 Å². The molecular weight excluding hydrogens is 272 g/mol. The summed E-state index contributed by atoms with van der Waals surface area (Å²) in [5.41, 5.74) is -0.985. The molecule has 2 aliphatic rings. The molecule has 1 atom stereocenters. The summed E-state index contributed by atoms with van der Waals surface area (Å²) >= 11 is 0. The third-order valence-electron chi connectivity index (χ3n) is 4.29. The van der Waals surface area contributed by atoms with Crippen molar-refractivity contribution >= 4 is 12.9 Å². The first-order valence-electron chi connectivity index (χ1n) is 6.58. The molecule has 1 heterocycles. The second-order valence-electron chi connectivity index (χ2n) is 6.42. The topological polar surface area (TPSA) is 35.5 Å². The molecule has 0 aromatic heterocycles. The van der Waals surface area contributed by atoms with Crippen LogP contribution in [0, 0.1) is 5.92 Å². The summed E-state index contributed by atoms with van der Waals surface area (Å²) in [6, 6.07) is 0. The molecule has 1 fully saturated rings. The van der Waals surface area contributed by atoms with Crippen LogP contribution in [0.3, 0.4) is 0 Å². The monoisotopic (exact) mass is 290 g/mol. The van der Waals surface area contributed by atoms with Gasteiger partial charge in [0.2, 0.25) is 0 Å². The van der Waals surface area contributed by atoms with Crippen LogP contribution in [0.15, 0.2) is 11.5 Å². The first-order chi connectivity index (χ1) is 8.92. The van der Waals surface area contributed by atoms with Crippen LogP contribution in [0.1, 0.15) is 40.5 Å². The lowest BCUT2D eigenvalue weighted by atomic mass is 9.69. The lowest BCUT2D eigenvalue weighted by Gasteiger charge is -2.32. The second kappa shape index (κ2) is 4.60. The Hall–Kier alpha value is -0.815. The van der Waals surface area contributed by atoms with Crippen molar-refractivity contribution in [1.29, 1.82) is 0 Å². The molecule has 0 spiro atoms. The van der Waals surface area contributed by atoms with Gasteiger partial charge in [-0.25, -0.2) is 0 Å². The lowest BCUT2D eigenvalue weighted by Crippen LogP contribution is -2.41. The number of alkyl halides is 3. The number of rotatable bonds is 1. The molecule has 2 rings (SSSR count). The van der Waals surface area contributed by atoms with Gasteiger partial charge in [-0.15, -0.1) is 0 Å². The normalized spacial score (nSPS) is 29.6. The van der Waals surface area contributed by atoms with Gasteiger partial charge in [0.25, 0.3) is 0 Å². The standard InChI is InChI=1S/C13H18BF3O3/c1-11(2)12(3,4)20-14(19-11)9-5-8(13(15,16)17)6-10(18)7-9/h7-8H,5-6H2,1-4H3. The van der Waals surface area contributed by atoms with E-state index in [0.29, 0.717) is 0 Å². The number of carbonyl (C=O) groups is 1. The Kier molecular flexibility index (Phi) is 3.58. The number of carbonyl (C=O) groups excluding carboxylic acids is 1. The van der Waals surface area contributed by atoms with E-state index in [1.807, 2.05) is 27.7 Å². The van der Waals surface area contributed by atoms with E-state index in [-0.39, 0.29) is 11.9 Å². The molecule has 0 saturated carbocycles. The van der Waals surface area contributed by atoms with Gasteiger partial charge < -0.3 is 9.31 Å². The van der Waals surface area contributed by atoms with Crippen LogP contribution in [-0.4, -0.2) is 30.3 Å². The van der Waals surface area contributed by atoms with Crippen LogP contribution in [0.2, 0.25) is 0 Å². The third-order valence-corrected chi connectivity index (χ3v) is 4.29. The molecule has 112 valence electrons. The predicted molar refractivity (Wildman–Crippen MR) is 68.0 cm³/mol. The first-order valence-corrected chi connectivity index (χ1v) is 6.58. The van der Waals surface area contributed by atoms with Crippen LogP contribution >= 0.6 is 0 Å². The molecule has 7 heteroatoms. The van der Waals surface area contributed by atoms with E-state index in [2.05, 4.69) is 0 Å². The van der Waals surface area contributed by atoms with Crippen LogP contribution in [-0.2, 0) is 14.1 Å². The molecule has 20 heavy (non-hydrogen) atoms. The third kappa shape index (κ3) is 2.79. The maximum absolute atomic E-state index is 12.8. The van der Waals surface area contributed by atoms with Gasteiger partial charge in [-0.3, -0.25) is 4.79 Å².